The molecule has 0 aliphatic carbocycles. The molecule has 1 rings (SSSR count). The second-order valence-corrected chi connectivity index (χ2v) is 4.24. The van der Waals surface area contributed by atoms with E-state index in [0.717, 1.165) is 18.7 Å². The van der Waals surface area contributed by atoms with Crippen molar-refractivity contribution in [2.24, 2.45) is 0 Å². The molecule has 1 aromatic carbocycles. The summed E-state index contributed by atoms with van der Waals surface area (Å²) in [6.07, 6.45) is 0.963. The molecule has 94 valence electrons. The second kappa shape index (κ2) is 6.91. The Bertz CT molecular complexity index is 363. The first-order chi connectivity index (χ1) is 8.13. The molecule has 0 aliphatic heterocycles. The van der Waals surface area contributed by atoms with Crippen LogP contribution in [0.25, 0.3) is 0 Å². The van der Waals surface area contributed by atoms with Gasteiger partial charge in [-0.15, -0.1) is 0 Å². The van der Waals surface area contributed by atoms with Gasteiger partial charge in [-0.2, -0.15) is 0 Å². The number of anilines is 1. The van der Waals surface area contributed by atoms with Gasteiger partial charge in [0.25, 0.3) is 5.91 Å². The molecule has 0 spiro atoms. The predicted molar refractivity (Wildman–Crippen MR) is 71.5 cm³/mol. The summed E-state index contributed by atoms with van der Waals surface area (Å²) >= 11 is 0. The predicted octanol–water partition coefficient (Wildman–Crippen LogP) is 1.41. The topological polar surface area (TPSA) is 44.4 Å². The normalized spacial score (nSPS) is 10.4. The van der Waals surface area contributed by atoms with E-state index in [1.807, 2.05) is 45.4 Å². The zero-order valence-electron chi connectivity index (χ0n) is 10.8. The molecule has 0 atom stereocenters. The molecule has 0 fully saturated rings. The first-order valence-corrected chi connectivity index (χ1v) is 5.84. The van der Waals surface area contributed by atoms with E-state index in [4.69, 9.17) is 0 Å². The lowest BCUT2D eigenvalue weighted by molar-refractivity contribution is 0.0952. The van der Waals surface area contributed by atoms with Crippen LogP contribution in [0.15, 0.2) is 24.3 Å². The molecule has 2 N–H and O–H groups in total. The van der Waals surface area contributed by atoms with Gasteiger partial charge in [-0.05, 0) is 45.3 Å². The van der Waals surface area contributed by atoms with Crippen molar-refractivity contribution in [2.45, 2.75) is 6.42 Å². The quantitative estimate of drug-likeness (QED) is 0.733. The van der Waals surface area contributed by atoms with Crippen LogP contribution in [-0.2, 0) is 0 Å². The first kappa shape index (κ1) is 13.5. The molecule has 4 heteroatoms. The molecule has 4 nitrogen and oxygen atoms in total. The lowest BCUT2D eigenvalue weighted by Gasteiger charge is -2.10. The van der Waals surface area contributed by atoms with Crippen molar-refractivity contribution in [2.75, 3.05) is 39.5 Å². The number of nitrogens with zero attached hydrogens (tertiary/aromatic N) is 1. The third kappa shape index (κ3) is 4.87. The van der Waals surface area contributed by atoms with Crippen LogP contribution in [0.1, 0.15) is 16.8 Å². The van der Waals surface area contributed by atoms with E-state index >= 15 is 0 Å². The first-order valence-electron chi connectivity index (χ1n) is 5.84. The van der Waals surface area contributed by atoms with E-state index in [1.165, 1.54) is 0 Å². The van der Waals surface area contributed by atoms with E-state index in [1.54, 1.807) is 0 Å². The van der Waals surface area contributed by atoms with Gasteiger partial charge in [0.15, 0.2) is 0 Å². The van der Waals surface area contributed by atoms with E-state index in [9.17, 15) is 4.79 Å². The van der Waals surface area contributed by atoms with Crippen molar-refractivity contribution >= 4 is 11.6 Å². The van der Waals surface area contributed by atoms with Crippen LogP contribution in [-0.4, -0.2) is 45.0 Å². The lowest BCUT2D eigenvalue weighted by Crippen LogP contribution is -2.27. The Morgan fingerprint density at radius 1 is 1.35 bits per heavy atom. The third-order valence-electron chi connectivity index (χ3n) is 2.48. The van der Waals surface area contributed by atoms with Crippen LogP contribution in [0, 0.1) is 0 Å². The highest BCUT2D eigenvalue weighted by atomic mass is 16.1. The summed E-state index contributed by atoms with van der Waals surface area (Å²) in [7, 11) is 5.89. The van der Waals surface area contributed by atoms with Crippen molar-refractivity contribution in [3.63, 3.8) is 0 Å². The molecule has 0 saturated heterocycles. The minimum Gasteiger partial charge on any atom is -0.388 e. The largest absolute Gasteiger partial charge is 0.388 e. The van der Waals surface area contributed by atoms with Gasteiger partial charge in [-0.1, -0.05) is 6.07 Å². The van der Waals surface area contributed by atoms with Gasteiger partial charge >= 0.3 is 0 Å². The molecule has 1 aromatic rings. The number of rotatable bonds is 6. The maximum absolute atomic E-state index is 11.8. The molecular formula is C13H21N3O. The zero-order chi connectivity index (χ0) is 12.7. The highest BCUT2D eigenvalue weighted by molar-refractivity contribution is 5.95. The molecule has 17 heavy (non-hydrogen) atoms. The Balaban J connectivity index is 2.41. The standard InChI is InChI=1S/C13H21N3O/c1-14-12-7-4-6-11(10-12)13(17)15-8-5-9-16(2)3/h4,6-7,10,14H,5,8-9H2,1-3H3,(H,15,17). The van der Waals surface area contributed by atoms with Gasteiger partial charge in [0, 0.05) is 24.8 Å². The van der Waals surface area contributed by atoms with E-state index in [-0.39, 0.29) is 5.91 Å². The summed E-state index contributed by atoms with van der Waals surface area (Å²) in [5.74, 6) is -0.0131. The van der Waals surface area contributed by atoms with Crippen LogP contribution < -0.4 is 10.6 Å². The molecule has 0 aliphatic rings. The number of hydrogen-bond acceptors (Lipinski definition) is 3. The Morgan fingerprint density at radius 2 is 2.12 bits per heavy atom. The van der Waals surface area contributed by atoms with Crippen LogP contribution in [0.2, 0.25) is 0 Å². The van der Waals surface area contributed by atoms with Crippen molar-refractivity contribution in [1.29, 1.82) is 0 Å². The molecule has 0 radical (unpaired) electrons. The summed E-state index contributed by atoms with van der Waals surface area (Å²) in [6, 6.07) is 7.48. The Morgan fingerprint density at radius 3 is 2.76 bits per heavy atom. The minimum atomic E-state index is -0.0131. The van der Waals surface area contributed by atoms with E-state index in [0.29, 0.717) is 12.1 Å². The summed E-state index contributed by atoms with van der Waals surface area (Å²) in [5, 5.41) is 5.93. The number of carbonyl (C=O) groups excluding carboxylic acids is 1. The van der Waals surface area contributed by atoms with Crippen molar-refractivity contribution in [3.05, 3.63) is 29.8 Å². The maximum Gasteiger partial charge on any atom is 0.251 e. The number of benzene rings is 1. The van der Waals surface area contributed by atoms with Gasteiger partial charge in [0.05, 0.1) is 0 Å². The zero-order valence-corrected chi connectivity index (χ0v) is 10.8. The fourth-order valence-corrected chi connectivity index (χ4v) is 1.52. The van der Waals surface area contributed by atoms with Gasteiger partial charge in [-0.25, -0.2) is 0 Å². The summed E-state index contributed by atoms with van der Waals surface area (Å²) in [6.45, 7) is 1.69. The molecule has 0 aromatic heterocycles. The highest BCUT2D eigenvalue weighted by Gasteiger charge is 2.04. The minimum absolute atomic E-state index is 0.0131. The van der Waals surface area contributed by atoms with Gasteiger partial charge in [0.1, 0.15) is 0 Å². The van der Waals surface area contributed by atoms with Crippen LogP contribution >= 0.6 is 0 Å². The van der Waals surface area contributed by atoms with Gasteiger partial charge in [0.2, 0.25) is 0 Å². The maximum atomic E-state index is 11.8. The summed E-state index contributed by atoms with van der Waals surface area (Å²) in [5.41, 5.74) is 1.65. The number of nitrogens with one attached hydrogen (secondary N) is 2. The van der Waals surface area contributed by atoms with Crippen molar-refractivity contribution < 1.29 is 4.79 Å². The van der Waals surface area contributed by atoms with Crippen molar-refractivity contribution in [1.82, 2.24) is 10.2 Å². The SMILES string of the molecule is CNc1cccc(C(=O)NCCCN(C)C)c1. The Labute approximate surface area is 103 Å². The van der Waals surface area contributed by atoms with Gasteiger partial charge in [-0.3, -0.25) is 4.79 Å². The number of amides is 1. The van der Waals surface area contributed by atoms with Crippen LogP contribution in [0.5, 0.6) is 0 Å². The molecule has 0 bridgehead atoms. The molecular weight excluding hydrogens is 214 g/mol. The average Bonchev–Trinajstić information content (AvgIpc) is 2.34. The molecule has 1 amide bonds. The molecule has 0 saturated carbocycles. The van der Waals surface area contributed by atoms with E-state index < -0.39 is 0 Å². The monoisotopic (exact) mass is 235 g/mol. The molecule has 0 unspecified atom stereocenters. The number of hydrogen-bond donors (Lipinski definition) is 2. The van der Waals surface area contributed by atoms with Gasteiger partial charge < -0.3 is 15.5 Å². The second-order valence-electron chi connectivity index (χ2n) is 4.24. The van der Waals surface area contributed by atoms with Crippen molar-refractivity contribution in [3.8, 4) is 0 Å². The fourth-order valence-electron chi connectivity index (χ4n) is 1.52. The van der Waals surface area contributed by atoms with E-state index in [2.05, 4.69) is 15.5 Å². The van der Waals surface area contributed by atoms with Crippen LogP contribution in [0.4, 0.5) is 5.69 Å². The number of carbonyl (C=O) groups is 1. The smallest absolute Gasteiger partial charge is 0.251 e. The Kier molecular flexibility index (Phi) is 5.49. The molecule has 0 heterocycles. The summed E-state index contributed by atoms with van der Waals surface area (Å²) < 4.78 is 0. The average molecular weight is 235 g/mol. The Hall–Kier alpha value is -1.55. The summed E-state index contributed by atoms with van der Waals surface area (Å²) in [4.78, 5) is 13.9. The fraction of sp³-hybridized carbons (Fsp3) is 0.462. The lowest BCUT2D eigenvalue weighted by atomic mass is 10.2. The van der Waals surface area contributed by atoms with Crippen LogP contribution in [0.3, 0.4) is 0 Å². The third-order valence-corrected chi connectivity index (χ3v) is 2.48. The highest BCUT2D eigenvalue weighted by Crippen LogP contribution is 2.09.